The second kappa shape index (κ2) is 1.78. The first-order valence-corrected chi connectivity index (χ1v) is 4.27. The first kappa shape index (κ1) is 6.69. The zero-order valence-corrected chi connectivity index (χ0v) is 7.24. The van der Waals surface area contributed by atoms with E-state index in [1.54, 1.807) is 0 Å². The molecule has 0 aromatic carbocycles. The molecule has 0 unspecified atom stereocenters. The van der Waals surface area contributed by atoms with E-state index in [1.807, 2.05) is 0 Å². The fraction of sp³-hybridized carbons (Fsp3) is 0.750. The minimum Gasteiger partial charge on any atom is -0.396 e. The van der Waals surface area contributed by atoms with Gasteiger partial charge < -0.3 is 5.11 Å². The molecule has 3 saturated carbocycles. The molecule has 0 aromatic heterocycles. The van der Waals surface area contributed by atoms with E-state index in [2.05, 4.69) is 26.7 Å². The molecule has 3 aliphatic carbocycles. The third-order valence-electron chi connectivity index (χ3n) is 2.79. The van der Waals surface area contributed by atoms with Crippen LogP contribution in [-0.2, 0) is 0 Å². The van der Waals surface area contributed by atoms with Gasteiger partial charge in [-0.2, -0.15) is 0 Å². The van der Waals surface area contributed by atoms with Crippen LogP contribution in [0.25, 0.3) is 0 Å². The lowest BCUT2D eigenvalue weighted by atomic mass is 9.36. The molecule has 2 heteroatoms. The number of aliphatic hydroxyl groups is 1. The zero-order chi connectivity index (χ0) is 7.24. The minimum absolute atomic E-state index is 0.302. The van der Waals surface area contributed by atoms with Crippen LogP contribution in [0.2, 0.25) is 0 Å². The Morgan fingerprint density at radius 2 is 2.00 bits per heavy atom. The summed E-state index contributed by atoms with van der Waals surface area (Å²) in [5.74, 6) is 3.14. The van der Waals surface area contributed by atoms with Crippen LogP contribution in [0.3, 0.4) is 0 Å². The molecule has 1 nitrogen and oxygen atoms in total. The van der Waals surface area contributed by atoms with E-state index in [1.165, 1.54) is 0 Å². The lowest BCUT2D eigenvalue weighted by Crippen LogP contribution is -2.62. The van der Waals surface area contributed by atoms with Gasteiger partial charge in [-0.1, -0.05) is 5.92 Å². The van der Waals surface area contributed by atoms with Crippen molar-refractivity contribution in [2.24, 2.45) is 10.8 Å². The van der Waals surface area contributed by atoms with Gasteiger partial charge in [-0.25, -0.2) is 0 Å². The molecule has 0 amide bonds. The molecule has 3 aliphatic rings. The Balaban J connectivity index is 2.02. The van der Waals surface area contributed by atoms with Gasteiger partial charge in [0.2, 0.25) is 0 Å². The first-order valence-electron chi connectivity index (χ1n) is 3.48. The van der Waals surface area contributed by atoms with Crippen LogP contribution in [-0.4, -0.2) is 11.7 Å². The molecule has 0 radical (unpaired) electrons. The Kier molecular flexibility index (Phi) is 1.19. The van der Waals surface area contributed by atoms with Gasteiger partial charge in [-0.05, 0) is 29.5 Å². The van der Waals surface area contributed by atoms with Gasteiger partial charge in [-0.15, -0.1) is 0 Å². The van der Waals surface area contributed by atoms with E-state index in [-0.39, 0.29) is 0 Å². The van der Waals surface area contributed by atoms with Gasteiger partial charge in [0.05, 0.1) is 0 Å². The van der Waals surface area contributed by atoms with E-state index in [0.717, 1.165) is 19.3 Å². The van der Waals surface area contributed by atoms with Crippen molar-refractivity contribution >= 4 is 15.9 Å². The number of halogens is 1. The smallest absolute Gasteiger partial charge is 0.0489 e. The number of rotatable bonds is 1. The maximum Gasteiger partial charge on any atom is 0.0489 e. The SMILES string of the molecule is OCC12CC(C#CBr)(C1)C2. The van der Waals surface area contributed by atoms with Crippen molar-refractivity contribution in [1.82, 2.24) is 0 Å². The highest BCUT2D eigenvalue weighted by molar-refractivity contribution is 9.12. The highest BCUT2D eigenvalue weighted by Crippen LogP contribution is 2.72. The number of hydrogen-bond donors (Lipinski definition) is 1. The second-order valence-corrected chi connectivity index (χ2v) is 4.08. The van der Waals surface area contributed by atoms with Crippen molar-refractivity contribution in [3.8, 4) is 10.8 Å². The summed E-state index contributed by atoms with van der Waals surface area (Å²) in [6.07, 6.45) is 3.36. The lowest BCUT2D eigenvalue weighted by Gasteiger charge is -2.67. The van der Waals surface area contributed by atoms with Crippen molar-refractivity contribution < 1.29 is 5.11 Å². The predicted octanol–water partition coefficient (Wildman–Crippen LogP) is 1.50. The van der Waals surface area contributed by atoms with E-state index in [4.69, 9.17) is 5.11 Å². The number of aliphatic hydroxyl groups excluding tert-OH is 1. The van der Waals surface area contributed by atoms with Crippen LogP contribution in [0, 0.1) is 21.6 Å². The zero-order valence-electron chi connectivity index (χ0n) is 5.65. The minimum atomic E-state index is 0.302. The molecule has 54 valence electrons. The van der Waals surface area contributed by atoms with Crippen molar-refractivity contribution in [1.29, 1.82) is 0 Å². The maximum atomic E-state index is 8.91. The van der Waals surface area contributed by atoms with Crippen LogP contribution < -0.4 is 0 Å². The Labute approximate surface area is 68.9 Å². The third kappa shape index (κ3) is 0.627. The Bertz CT molecular complexity index is 203. The molecule has 1 N–H and O–H groups in total. The normalized spacial score (nSPS) is 48.2. The summed E-state index contributed by atoms with van der Waals surface area (Å²) in [6.45, 7) is 0.360. The van der Waals surface area contributed by atoms with Gasteiger partial charge in [0, 0.05) is 28.0 Å². The molecule has 0 aromatic rings. The summed E-state index contributed by atoms with van der Waals surface area (Å²) in [5.41, 5.74) is 0.614. The summed E-state index contributed by atoms with van der Waals surface area (Å²) in [6, 6.07) is 0. The molecule has 0 aliphatic heterocycles. The van der Waals surface area contributed by atoms with Gasteiger partial charge in [0.1, 0.15) is 0 Å². The Morgan fingerprint density at radius 1 is 1.40 bits per heavy atom. The summed E-state index contributed by atoms with van der Waals surface area (Å²) >= 11 is 3.10. The summed E-state index contributed by atoms with van der Waals surface area (Å²) in [4.78, 5) is 2.77. The van der Waals surface area contributed by atoms with Crippen molar-refractivity contribution in [2.45, 2.75) is 19.3 Å². The molecule has 0 heterocycles. The quantitative estimate of drug-likeness (QED) is 0.637. The van der Waals surface area contributed by atoms with Crippen molar-refractivity contribution in [3.63, 3.8) is 0 Å². The fourth-order valence-corrected chi connectivity index (χ4v) is 2.82. The first-order chi connectivity index (χ1) is 4.74. The van der Waals surface area contributed by atoms with E-state index >= 15 is 0 Å². The third-order valence-corrected chi connectivity index (χ3v) is 2.99. The average Bonchev–Trinajstić information content (AvgIpc) is 1.74. The van der Waals surface area contributed by atoms with Crippen LogP contribution in [0.5, 0.6) is 0 Å². The molecule has 3 rings (SSSR count). The second-order valence-electron chi connectivity index (χ2n) is 3.69. The molecular formula is C8H9BrO. The van der Waals surface area contributed by atoms with Crippen LogP contribution in [0.4, 0.5) is 0 Å². The maximum absolute atomic E-state index is 8.91. The lowest BCUT2D eigenvalue weighted by molar-refractivity contribution is -0.185. The molecule has 0 atom stereocenters. The van der Waals surface area contributed by atoms with E-state index in [0.29, 0.717) is 17.4 Å². The standard InChI is InChI=1S/C8H9BrO/c9-2-1-7-3-8(4-7,5-7)6-10/h10H,3-6H2. The molecule has 0 spiro atoms. The van der Waals surface area contributed by atoms with E-state index in [9.17, 15) is 0 Å². The molecule has 10 heavy (non-hydrogen) atoms. The largest absolute Gasteiger partial charge is 0.396 e. The van der Waals surface area contributed by atoms with Gasteiger partial charge in [0.15, 0.2) is 0 Å². The molecule has 0 saturated heterocycles. The predicted molar refractivity (Wildman–Crippen MR) is 42.5 cm³/mol. The molecule has 3 fully saturated rings. The fourth-order valence-electron chi connectivity index (χ4n) is 2.40. The van der Waals surface area contributed by atoms with Gasteiger partial charge in [0.25, 0.3) is 0 Å². The summed E-state index contributed by atoms with van der Waals surface area (Å²) in [7, 11) is 0. The van der Waals surface area contributed by atoms with Gasteiger partial charge >= 0.3 is 0 Å². The van der Waals surface area contributed by atoms with Crippen molar-refractivity contribution in [2.75, 3.05) is 6.61 Å². The topological polar surface area (TPSA) is 20.2 Å². The van der Waals surface area contributed by atoms with Crippen LogP contribution in [0.15, 0.2) is 0 Å². The average molecular weight is 201 g/mol. The monoisotopic (exact) mass is 200 g/mol. The Hall–Kier alpha value is 0. The highest BCUT2D eigenvalue weighted by atomic mass is 79.9. The van der Waals surface area contributed by atoms with Gasteiger partial charge in [-0.3, -0.25) is 0 Å². The number of hydrogen-bond acceptors (Lipinski definition) is 1. The van der Waals surface area contributed by atoms with Crippen LogP contribution in [0.1, 0.15) is 19.3 Å². The van der Waals surface area contributed by atoms with Crippen LogP contribution >= 0.6 is 15.9 Å². The Morgan fingerprint density at radius 3 is 2.40 bits per heavy atom. The van der Waals surface area contributed by atoms with E-state index < -0.39 is 0 Å². The summed E-state index contributed by atoms with van der Waals surface area (Å²) in [5, 5.41) is 8.91. The summed E-state index contributed by atoms with van der Waals surface area (Å²) < 4.78 is 0. The molecular weight excluding hydrogens is 192 g/mol. The van der Waals surface area contributed by atoms with Crippen molar-refractivity contribution in [3.05, 3.63) is 0 Å². The molecule has 2 bridgehead atoms. The highest BCUT2D eigenvalue weighted by Gasteiger charge is 2.66.